The summed E-state index contributed by atoms with van der Waals surface area (Å²) in [6.07, 6.45) is 0. The molecule has 0 aromatic heterocycles. The number of fused-ring (bicyclic) bond motifs is 3. The maximum Gasteiger partial charge on any atom is 0.179 e. The fourth-order valence-corrected chi connectivity index (χ4v) is 5.95. The van der Waals surface area contributed by atoms with Crippen LogP contribution in [0.4, 0.5) is 0 Å². The van der Waals surface area contributed by atoms with Gasteiger partial charge in [-0.2, -0.15) is 0 Å². The van der Waals surface area contributed by atoms with Crippen LogP contribution in [-0.4, -0.2) is 23.1 Å². The molecule has 3 aromatic rings. The van der Waals surface area contributed by atoms with Gasteiger partial charge in [-0.15, -0.1) is 0 Å². The van der Waals surface area contributed by atoms with E-state index < -0.39 is 39.9 Å². The lowest BCUT2D eigenvalue weighted by atomic mass is 9.84. The maximum absolute atomic E-state index is 13.7. The highest BCUT2D eigenvalue weighted by Gasteiger charge is 2.93. The first-order chi connectivity index (χ1) is 14.5. The monoisotopic (exact) mass is 412 g/mol. The van der Waals surface area contributed by atoms with E-state index in [2.05, 4.69) is 0 Å². The molecule has 30 heavy (non-hydrogen) atoms. The molecule has 1 saturated carbocycles. The van der Waals surface area contributed by atoms with Crippen LogP contribution >= 0.6 is 11.6 Å². The zero-order valence-corrected chi connectivity index (χ0v) is 16.3. The van der Waals surface area contributed by atoms with Gasteiger partial charge in [0.25, 0.3) is 0 Å². The van der Waals surface area contributed by atoms with Gasteiger partial charge < -0.3 is 0 Å². The number of benzene rings is 3. The second kappa shape index (κ2) is 5.41. The predicted molar refractivity (Wildman–Crippen MR) is 109 cm³/mol. The van der Waals surface area contributed by atoms with Crippen LogP contribution in [0, 0.1) is 10.8 Å². The third-order valence-electron chi connectivity index (χ3n) is 6.89. The van der Waals surface area contributed by atoms with Crippen molar-refractivity contribution in [2.45, 2.75) is 5.92 Å². The highest BCUT2D eigenvalue weighted by molar-refractivity contribution is 6.46. The molecule has 2 spiro atoms. The Morgan fingerprint density at radius 2 is 0.867 bits per heavy atom. The van der Waals surface area contributed by atoms with Crippen LogP contribution in [0.5, 0.6) is 0 Å². The highest BCUT2D eigenvalue weighted by Crippen LogP contribution is 2.81. The van der Waals surface area contributed by atoms with Crippen molar-refractivity contribution in [2.24, 2.45) is 10.8 Å². The molecule has 3 aliphatic carbocycles. The molecule has 4 nitrogen and oxygen atoms in total. The standard InChI is InChI=1S/C25H13ClO4/c26-18-12-6-5-11-17(18)19-24(20(27)13-7-1-2-8-14(13)21(24)28)25(19)22(29)15-9-3-4-10-16(15)23(25)30/h1-12,19H. The highest BCUT2D eigenvalue weighted by atomic mass is 35.5. The third kappa shape index (κ3) is 1.60. The molecule has 1 fully saturated rings. The number of rotatable bonds is 1. The normalized spacial score (nSPS) is 20.2. The van der Waals surface area contributed by atoms with Crippen LogP contribution < -0.4 is 0 Å². The topological polar surface area (TPSA) is 68.3 Å². The van der Waals surface area contributed by atoms with Crippen molar-refractivity contribution in [3.63, 3.8) is 0 Å². The first-order valence-corrected chi connectivity index (χ1v) is 9.98. The molecule has 0 radical (unpaired) electrons. The lowest BCUT2D eigenvalue weighted by Gasteiger charge is -2.11. The molecule has 0 heterocycles. The number of carbonyl (C=O) groups is 4. The van der Waals surface area contributed by atoms with Gasteiger partial charge in [-0.3, -0.25) is 19.2 Å². The number of hydrogen-bond donors (Lipinski definition) is 0. The van der Waals surface area contributed by atoms with Crippen molar-refractivity contribution in [3.8, 4) is 0 Å². The number of carbonyl (C=O) groups excluding carboxylic acids is 4. The van der Waals surface area contributed by atoms with E-state index in [9.17, 15) is 19.2 Å². The van der Waals surface area contributed by atoms with Gasteiger partial charge in [-0.25, -0.2) is 0 Å². The molecular formula is C25H13ClO4. The Labute approximate surface area is 176 Å². The van der Waals surface area contributed by atoms with Gasteiger partial charge in [0.1, 0.15) is 10.8 Å². The molecule has 144 valence electrons. The molecule has 0 N–H and O–H groups in total. The summed E-state index contributed by atoms with van der Waals surface area (Å²) < 4.78 is 0. The van der Waals surface area contributed by atoms with E-state index in [1.54, 1.807) is 72.8 Å². The van der Waals surface area contributed by atoms with E-state index in [1.807, 2.05) is 0 Å². The zero-order chi connectivity index (χ0) is 20.8. The van der Waals surface area contributed by atoms with Crippen LogP contribution in [0.2, 0.25) is 5.02 Å². The van der Waals surface area contributed by atoms with Crippen molar-refractivity contribution in [2.75, 3.05) is 0 Å². The molecule has 5 heteroatoms. The van der Waals surface area contributed by atoms with Crippen molar-refractivity contribution in [1.82, 2.24) is 0 Å². The number of hydrogen-bond acceptors (Lipinski definition) is 4. The average molecular weight is 413 g/mol. The summed E-state index contributed by atoms with van der Waals surface area (Å²) in [7, 11) is 0. The van der Waals surface area contributed by atoms with E-state index in [0.29, 0.717) is 10.6 Å². The Bertz CT molecular complexity index is 1200. The van der Waals surface area contributed by atoms with E-state index in [4.69, 9.17) is 11.6 Å². The lowest BCUT2D eigenvalue weighted by Crippen LogP contribution is -2.32. The van der Waals surface area contributed by atoms with Crippen LogP contribution in [0.3, 0.4) is 0 Å². The Kier molecular flexibility index (Phi) is 3.15. The molecule has 6 rings (SSSR count). The minimum atomic E-state index is -1.78. The maximum atomic E-state index is 13.7. The Morgan fingerprint density at radius 1 is 0.533 bits per heavy atom. The van der Waals surface area contributed by atoms with Crippen molar-refractivity contribution >= 4 is 34.7 Å². The summed E-state index contributed by atoms with van der Waals surface area (Å²) in [5.74, 6) is -2.81. The fourth-order valence-electron chi connectivity index (χ4n) is 5.71. The summed E-state index contributed by atoms with van der Waals surface area (Å²) in [6, 6.07) is 19.8. The van der Waals surface area contributed by atoms with Crippen molar-refractivity contribution in [1.29, 1.82) is 0 Å². The quantitative estimate of drug-likeness (QED) is 0.549. The summed E-state index contributed by atoms with van der Waals surface area (Å²) in [5.41, 5.74) is -2.06. The van der Waals surface area contributed by atoms with Gasteiger partial charge in [-0.1, -0.05) is 78.3 Å². The van der Waals surface area contributed by atoms with Crippen LogP contribution in [0.1, 0.15) is 52.9 Å². The summed E-state index contributed by atoms with van der Waals surface area (Å²) in [5, 5.41) is 0.326. The second-order valence-electron chi connectivity index (χ2n) is 7.98. The predicted octanol–water partition coefficient (Wildman–Crippen LogP) is 4.57. The first-order valence-electron chi connectivity index (χ1n) is 9.60. The van der Waals surface area contributed by atoms with Gasteiger partial charge in [0.05, 0.1) is 0 Å². The number of Topliss-reactive ketones (excluding diaryl/α,β-unsaturated/α-hetero) is 4. The minimum Gasteiger partial charge on any atom is -0.293 e. The Balaban J connectivity index is 1.69. The molecule has 0 unspecified atom stereocenters. The molecule has 0 aliphatic heterocycles. The SMILES string of the molecule is O=C1c2ccccc2C(=O)C12C(c1ccccc1Cl)C21C(=O)c2ccccc2C1=O. The second-order valence-corrected chi connectivity index (χ2v) is 8.39. The van der Waals surface area contributed by atoms with Gasteiger partial charge in [0, 0.05) is 33.2 Å². The fraction of sp³-hybridized carbons (Fsp3) is 0.120. The van der Waals surface area contributed by atoms with Gasteiger partial charge in [0.15, 0.2) is 23.1 Å². The average Bonchev–Trinajstić information content (AvgIpc) is 3.28. The molecular weight excluding hydrogens is 400 g/mol. The van der Waals surface area contributed by atoms with Crippen LogP contribution in [0.25, 0.3) is 0 Å². The summed E-state index contributed by atoms with van der Waals surface area (Å²) in [4.78, 5) is 54.9. The van der Waals surface area contributed by atoms with Gasteiger partial charge in [-0.05, 0) is 11.6 Å². The number of ketones is 4. The molecule has 0 amide bonds. The molecule has 0 saturated heterocycles. The van der Waals surface area contributed by atoms with E-state index >= 15 is 0 Å². The van der Waals surface area contributed by atoms with E-state index in [0.717, 1.165) is 0 Å². The molecule has 3 aliphatic rings. The summed E-state index contributed by atoms with van der Waals surface area (Å²) in [6.45, 7) is 0. The van der Waals surface area contributed by atoms with E-state index in [1.165, 1.54) is 0 Å². The van der Waals surface area contributed by atoms with Crippen molar-refractivity contribution < 1.29 is 19.2 Å². The van der Waals surface area contributed by atoms with Gasteiger partial charge in [0.2, 0.25) is 0 Å². The van der Waals surface area contributed by atoms with Gasteiger partial charge >= 0.3 is 0 Å². The zero-order valence-electron chi connectivity index (χ0n) is 15.5. The Hall–Kier alpha value is -3.37. The minimum absolute atomic E-state index is 0.257. The van der Waals surface area contributed by atoms with Crippen LogP contribution in [-0.2, 0) is 0 Å². The molecule has 3 aromatic carbocycles. The Morgan fingerprint density at radius 3 is 1.23 bits per heavy atom. The van der Waals surface area contributed by atoms with Crippen LogP contribution in [0.15, 0.2) is 72.8 Å². The molecule has 0 atom stereocenters. The first kappa shape index (κ1) is 17.5. The van der Waals surface area contributed by atoms with Crippen molar-refractivity contribution in [3.05, 3.63) is 106 Å². The van der Waals surface area contributed by atoms with E-state index in [-0.39, 0.29) is 22.3 Å². The lowest BCUT2D eigenvalue weighted by molar-refractivity contribution is 0.0663. The smallest absolute Gasteiger partial charge is 0.179 e. The third-order valence-corrected chi connectivity index (χ3v) is 7.23. The number of halogens is 1. The summed E-state index contributed by atoms with van der Waals surface area (Å²) >= 11 is 6.45. The largest absolute Gasteiger partial charge is 0.293 e. The molecule has 0 bridgehead atoms.